The molecule has 0 saturated heterocycles. The number of rotatable bonds is 4. The molecule has 0 bridgehead atoms. The van der Waals surface area contributed by atoms with Crippen LogP contribution in [0.4, 0.5) is 0 Å². The molecule has 0 saturated carbocycles. The van der Waals surface area contributed by atoms with Gasteiger partial charge in [0.25, 0.3) is 0 Å². The summed E-state index contributed by atoms with van der Waals surface area (Å²) in [6.45, 7) is 7.26. The Kier molecular flexibility index (Phi) is 3.80. The van der Waals surface area contributed by atoms with Crippen molar-refractivity contribution < 1.29 is 9.53 Å². The van der Waals surface area contributed by atoms with Gasteiger partial charge in [-0.1, -0.05) is 26.0 Å². The second-order valence-electron chi connectivity index (χ2n) is 5.81. The number of fused-ring (bicyclic) bond motifs is 1. The van der Waals surface area contributed by atoms with Crippen LogP contribution in [0.25, 0.3) is 0 Å². The van der Waals surface area contributed by atoms with Crippen LogP contribution in [-0.2, 0) is 16.6 Å². The minimum absolute atomic E-state index is 0.113. The molecular weight excluding hydrogens is 240 g/mol. The van der Waals surface area contributed by atoms with Gasteiger partial charge >= 0.3 is 0 Å². The first-order valence-electron chi connectivity index (χ1n) is 6.69. The lowest BCUT2D eigenvalue weighted by atomic mass is 9.83. The molecule has 1 aliphatic rings. The molecule has 1 atom stereocenters. The lowest BCUT2D eigenvalue weighted by Crippen LogP contribution is -2.43. The molecule has 3 N–H and O–H groups in total. The van der Waals surface area contributed by atoms with Gasteiger partial charge in [0.2, 0.25) is 5.91 Å². The number of hydrogen-bond acceptors (Lipinski definition) is 3. The molecule has 1 heterocycles. The van der Waals surface area contributed by atoms with E-state index in [4.69, 9.17) is 10.5 Å². The van der Waals surface area contributed by atoms with Crippen molar-refractivity contribution in [2.24, 2.45) is 5.73 Å². The fourth-order valence-corrected chi connectivity index (χ4v) is 2.18. The third-order valence-corrected chi connectivity index (χ3v) is 3.59. The summed E-state index contributed by atoms with van der Waals surface area (Å²) in [6, 6.07) is 5.80. The largest absolute Gasteiger partial charge is 0.493 e. The summed E-state index contributed by atoms with van der Waals surface area (Å²) in [5.74, 6) is 0.872. The Balaban J connectivity index is 2.08. The van der Waals surface area contributed by atoms with E-state index in [0.29, 0.717) is 6.54 Å². The van der Waals surface area contributed by atoms with Crippen LogP contribution in [0.3, 0.4) is 0 Å². The molecule has 0 fully saturated rings. The number of nitrogens with two attached hydrogens (primary N) is 1. The van der Waals surface area contributed by atoms with E-state index in [1.54, 1.807) is 6.92 Å². The first-order valence-corrected chi connectivity index (χ1v) is 6.69. The number of benzene rings is 1. The lowest BCUT2D eigenvalue weighted by Gasteiger charge is -2.26. The minimum atomic E-state index is -0.468. The zero-order chi connectivity index (χ0) is 14.0. The van der Waals surface area contributed by atoms with Gasteiger partial charge in [-0.25, -0.2) is 0 Å². The highest BCUT2D eigenvalue weighted by atomic mass is 16.5. The summed E-state index contributed by atoms with van der Waals surface area (Å²) in [5.41, 5.74) is 7.89. The summed E-state index contributed by atoms with van der Waals surface area (Å²) in [6.07, 6.45) is 0.964. The van der Waals surface area contributed by atoms with Gasteiger partial charge in [-0.3, -0.25) is 4.79 Å². The molecule has 0 radical (unpaired) electrons. The smallest absolute Gasteiger partial charge is 0.236 e. The van der Waals surface area contributed by atoms with Crippen LogP contribution in [0.2, 0.25) is 0 Å². The molecular formula is C15H22N2O2. The van der Waals surface area contributed by atoms with E-state index in [1.807, 2.05) is 6.07 Å². The molecule has 0 spiro atoms. The van der Waals surface area contributed by atoms with Crippen molar-refractivity contribution in [3.8, 4) is 5.75 Å². The molecule has 1 aromatic rings. The maximum atomic E-state index is 11.6. The van der Waals surface area contributed by atoms with Crippen LogP contribution in [0.15, 0.2) is 18.2 Å². The van der Waals surface area contributed by atoms with Crippen molar-refractivity contribution in [2.45, 2.75) is 38.6 Å². The fourth-order valence-electron chi connectivity index (χ4n) is 2.18. The molecule has 1 aliphatic heterocycles. The van der Waals surface area contributed by atoms with Crippen molar-refractivity contribution in [3.63, 3.8) is 0 Å². The van der Waals surface area contributed by atoms with E-state index >= 15 is 0 Å². The summed E-state index contributed by atoms with van der Waals surface area (Å²) in [7, 11) is 0. The van der Waals surface area contributed by atoms with Crippen LogP contribution in [0.1, 0.15) is 31.9 Å². The van der Waals surface area contributed by atoms with E-state index in [9.17, 15) is 4.79 Å². The van der Waals surface area contributed by atoms with Gasteiger partial charge in [-0.05, 0) is 24.1 Å². The minimum Gasteiger partial charge on any atom is -0.493 e. The average Bonchev–Trinajstić information content (AvgIpc) is 2.82. The SMILES string of the molecule is CC(N)C(=O)NCC(C)(C)c1ccc2c(c1)CCO2. The molecule has 2 rings (SSSR count). The van der Waals surface area contributed by atoms with Crippen molar-refractivity contribution >= 4 is 5.91 Å². The number of nitrogens with one attached hydrogen (secondary N) is 1. The molecule has 1 aromatic carbocycles. The van der Waals surface area contributed by atoms with E-state index in [1.165, 1.54) is 11.1 Å². The number of hydrogen-bond donors (Lipinski definition) is 2. The summed E-state index contributed by atoms with van der Waals surface area (Å²) >= 11 is 0. The molecule has 1 amide bonds. The van der Waals surface area contributed by atoms with Crippen molar-refractivity contribution in [2.75, 3.05) is 13.2 Å². The third kappa shape index (κ3) is 3.07. The van der Waals surface area contributed by atoms with Crippen LogP contribution < -0.4 is 15.8 Å². The van der Waals surface area contributed by atoms with E-state index < -0.39 is 6.04 Å². The Hall–Kier alpha value is -1.55. The molecule has 104 valence electrons. The Bertz CT molecular complexity index is 481. The summed E-state index contributed by atoms with van der Waals surface area (Å²) < 4.78 is 5.51. The van der Waals surface area contributed by atoms with E-state index in [2.05, 4.69) is 31.3 Å². The summed E-state index contributed by atoms with van der Waals surface area (Å²) in [4.78, 5) is 11.6. The second-order valence-corrected chi connectivity index (χ2v) is 5.81. The Morgan fingerprint density at radius 3 is 2.95 bits per heavy atom. The zero-order valence-electron chi connectivity index (χ0n) is 11.8. The van der Waals surface area contributed by atoms with Gasteiger partial charge in [0.15, 0.2) is 0 Å². The van der Waals surface area contributed by atoms with Crippen LogP contribution in [0.5, 0.6) is 5.75 Å². The van der Waals surface area contributed by atoms with Crippen molar-refractivity contribution in [1.82, 2.24) is 5.32 Å². The predicted octanol–water partition coefficient (Wildman–Crippen LogP) is 1.36. The summed E-state index contributed by atoms with van der Waals surface area (Å²) in [5, 5.41) is 2.89. The molecule has 19 heavy (non-hydrogen) atoms. The van der Waals surface area contributed by atoms with E-state index in [-0.39, 0.29) is 11.3 Å². The number of ether oxygens (including phenoxy) is 1. The monoisotopic (exact) mass is 262 g/mol. The maximum absolute atomic E-state index is 11.6. The fraction of sp³-hybridized carbons (Fsp3) is 0.533. The first kappa shape index (κ1) is 13.9. The predicted molar refractivity (Wildman–Crippen MR) is 75.3 cm³/mol. The normalized spacial score (nSPS) is 15.6. The van der Waals surface area contributed by atoms with Crippen molar-refractivity contribution in [1.29, 1.82) is 0 Å². The maximum Gasteiger partial charge on any atom is 0.236 e. The van der Waals surface area contributed by atoms with Crippen LogP contribution in [0, 0.1) is 0 Å². The Morgan fingerprint density at radius 2 is 2.26 bits per heavy atom. The standard InChI is InChI=1S/C15H22N2O2/c1-10(16)14(18)17-9-15(2,3)12-4-5-13-11(8-12)6-7-19-13/h4-5,8,10H,6-7,9,16H2,1-3H3,(H,17,18). The molecule has 0 aliphatic carbocycles. The van der Waals surface area contributed by atoms with Crippen LogP contribution >= 0.6 is 0 Å². The highest BCUT2D eigenvalue weighted by molar-refractivity contribution is 5.81. The lowest BCUT2D eigenvalue weighted by molar-refractivity contribution is -0.122. The van der Waals surface area contributed by atoms with Gasteiger partial charge in [-0.2, -0.15) is 0 Å². The highest BCUT2D eigenvalue weighted by Crippen LogP contribution is 2.31. The van der Waals surface area contributed by atoms with Crippen molar-refractivity contribution in [3.05, 3.63) is 29.3 Å². The first-order chi connectivity index (χ1) is 8.90. The number of carbonyl (C=O) groups excluding carboxylic acids is 1. The van der Waals surface area contributed by atoms with Crippen LogP contribution in [-0.4, -0.2) is 25.1 Å². The van der Waals surface area contributed by atoms with Gasteiger partial charge in [0, 0.05) is 18.4 Å². The van der Waals surface area contributed by atoms with Gasteiger partial charge in [0.1, 0.15) is 5.75 Å². The third-order valence-electron chi connectivity index (χ3n) is 3.59. The number of amides is 1. The van der Waals surface area contributed by atoms with Gasteiger partial charge in [-0.15, -0.1) is 0 Å². The molecule has 0 aromatic heterocycles. The Morgan fingerprint density at radius 1 is 1.53 bits per heavy atom. The molecule has 4 heteroatoms. The Labute approximate surface area is 114 Å². The molecule has 1 unspecified atom stereocenters. The molecule has 4 nitrogen and oxygen atoms in total. The second kappa shape index (κ2) is 5.21. The van der Waals surface area contributed by atoms with E-state index in [0.717, 1.165) is 18.8 Å². The highest BCUT2D eigenvalue weighted by Gasteiger charge is 2.24. The quantitative estimate of drug-likeness (QED) is 0.861. The zero-order valence-corrected chi connectivity index (χ0v) is 11.8. The topological polar surface area (TPSA) is 64.4 Å². The average molecular weight is 262 g/mol. The van der Waals surface area contributed by atoms with Gasteiger partial charge in [0.05, 0.1) is 12.6 Å². The number of carbonyl (C=O) groups is 1. The van der Waals surface area contributed by atoms with Gasteiger partial charge < -0.3 is 15.8 Å².